The van der Waals surface area contributed by atoms with Gasteiger partial charge in [-0.1, -0.05) is 0 Å². The van der Waals surface area contributed by atoms with Crippen molar-refractivity contribution < 1.29 is 19.1 Å². The van der Waals surface area contributed by atoms with E-state index in [4.69, 9.17) is 9.47 Å². The Morgan fingerprint density at radius 3 is 2.28 bits per heavy atom. The molecule has 1 atom stereocenters. The molecule has 0 aromatic rings. The number of ether oxygens (including phenoxy) is 2. The SMILES string of the molecule is CC(=O)C1CN(C(=O)OC(C)(C)C)CC12COC2. The van der Waals surface area contributed by atoms with Gasteiger partial charge < -0.3 is 14.4 Å². The lowest BCUT2D eigenvalue weighted by Crippen LogP contribution is -2.50. The second-order valence-corrected chi connectivity index (χ2v) is 6.38. The number of hydrogen-bond donors (Lipinski definition) is 0. The van der Waals surface area contributed by atoms with Gasteiger partial charge in [0.15, 0.2) is 0 Å². The fourth-order valence-corrected chi connectivity index (χ4v) is 2.65. The lowest BCUT2D eigenvalue weighted by atomic mass is 9.74. The van der Waals surface area contributed by atoms with Gasteiger partial charge in [0.05, 0.1) is 13.2 Å². The van der Waals surface area contributed by atoms with Crippen molar-refractivity contribution in [3.8, 4) is 0 Å². The van der Waals surface area contributed by atoms with Crippen LogP contribution in [0.2, 0.25) is 0 Å². The Balaban J connectivity index is 2.05. The highest BCUT2D eigenvalue weighted by atomic mass is 16.6. The van der Waals surface area contributed by atoms with Crippen molar-refractivity contribution in [2.24, 2.45) is 11.3 Å². The molecule has 1 unspecified atom stereocenters. The summed E-state index contributed by atoms with van der Waals surface area (Å²) in [5.74, 6) is 0.0168. The van der Waals surface area contributed by atoms with Crippen LogP contribution in [0.25, 0.3) is 0 Å². The maximum absolute atomic E-state index is 12.0. The molecular weight excluding hydrogens is 234 g/mol. The zero-order chi connectivity index (χ0) is 13.6. The van der Waals surface area contributed by atoms with Crippen LogP contribution < -0.4 is 0 Å². The minimum atomic E-state index is -0.505. The first-order chi connectivity index (χ1) is 8.23. The molecule has 2 heterocycles. The molecule has 5 nitrogen and oxygen atoms in total. The van der Waals surface area contributed by atoms with E-state index in [1.807, 2.05) is 20.8 Å². The van der Waals surface area contributed by atoms with Crippen molar-refractivity contribution in [2.45, 2.75) is 33.3 Å². The molecule has 2 rings (SSSR count). The molecule has 0 aromatic heterocycles. The van der Waals surface area contributed by atoms with Gasteiger partial charge in [-0.3, -0.25) is 4.79 Å². The van der Waals surface area contributed by atoms with Gasteiger partial charge in [0, 0.05) is 24.4 Å². The fourth-order valence-electron chi connectivity index (χ4n) is 2.65. The van der Waals surface area contributed by atoms with E-state index in [0.29, 0.717) is 26.3 Å². The maximum Gasteiger partial charge on any atom is 0.410 e. The van der Waals surface area contributed by atoms with E-state index >= 15 is 0 Å². The third-order valence-electron chi connectivity index (χ3n) is 3.57. The number of Topliss-reactive ketones (excluding diaryl/α,β-unsaturated/α-hetero) is 1. The lowest BCUT2D eigenvalue weighted by molar-refractivity contribution is -0.147. The fraction of sp³-hybridized carbons (Fsp3) is 0.846. The molecule has 0 saturated carbocycles. The molecule has 0 radical (unpaired) electrons. The van der Waals surface area contributed by atoms with E-state index in [0.717, 1.165) is 0 Å². The quantitative estimate of drug-likeness (QED) is 0.711. The molecule has 0 aliphatic carbocycles. The first kappa shape index (κ1) is 13.3. The standard InChI is InChI=1S/C13H21NO4/c1-9(15)10-5-14(6-13(10)7-17-8-13)11(16)18-12(2,3)4/h10H,5-8H2,1-4H3. The maximum atomic E-state index is 12.0. The number of carbonyl (C=O) groups is 2. The zero-order valence-corrected chi connectivity index (χ0v) is 11.5. The number of nitrogens with zero attached hydrogens (tertiary/aromatic N) is 1. The minimum Gasteiger partial charge on any atom is -0.444 e. The summed E-state index contributed by atoms with van der Waals surface area (Å²) in [7, 11) is 0. The van der Waals surface area contributed by atoms with E-state index in [1.54, 1.807) is 11.8 Å². The third kappa shape index (κ3) is 2.36. The van der Waals surface area contributed by atoms with E-state index in [2.05, 4.69) is 0 Å². The molecule has 5 heteroatoms. The molecular formula is C13H21NO4. The Bertz CT molecular complexity index is 368. The van der Waals surface area contributed by atoms with Crippen LogP contribution in [0, 0.1) is 11.3 Å². The monoisotopic (exact) mass is 255 g/mol. The molecule has 1 amide bonds. The highest BCUT2D eigenvalue weighted by molar-refractivity contribution is 5.81. The highest BCUT2D eigenvalue weighted by Crippen LogP contribution is 2.43. The van der Waals surface area contributed by atoms with Gasteiger partial charge in [0.1, 0.15) is 11.4 Å². The van der Waals surface area contributed by atoms with Crippen LogP contribution in [-0.4, -0.2) is 48.7 Å². The Kier molecular flexibility index (Phi) is 3.13. The minimum absolute atomic E-state index is 0.112. The topological polar surface area (TPSA) is 55.8 Å². The van der Waals surface area contributed by atoms with Crippen LogP contribution in [0.5, 0.6) is 0 Å². The average molecular weight is 255 g/mol. The summed E-state index contributed by atoms with van der Waals surface area (Å²) >= 11 is 0. The lowest BCUT2D eigenvalue weighted by Gasteiger charge is -2.41. The predicted octanol–water partition coefficient (Wildman–Crippen LogP) is 1.46. The molecule has 102 valence electrons. The third-order valence-corrected chi connectivity index (χ3v) is 3.57. The van der Waals surface area contributed by atoms with E-state index in [1.165, 1.54) is 0 Å². The molecule has 18 heavy (non-hydrogen) atoms. The number of ketones is 1. The van der Waals surface area contributed by atoms with Crippen molar-refractivity contribution in [1.29, 1.82) is 0 Å². The molecule has 2 saturated heterocycles. The van der Waals surface area contributed by atoms with Crippen LogP contribution >= 0.6 is 0 Å². The van der Waals surface area contributed by atoms with Gasteiger partial charge in [-0.05, 0) is 27.7 Å². The van der Waals surface area contributed by atoms with E-state index in [-0.39, 0.29) is 23.2 Å². The molecule has 2 aliphatic rings. The Morgan fingerprint density at radius 2 is 1.94 bits per heavy atom. The number of carbonyl (C=O) groups excluding carboxylic acids is 2. The zero-order valence-electron chi connectivity index (χ0n) is 11.5. The molecule has 2 fully saturated rings. The Labute approximate surface area is 107 Å². The van der Waals surface area contributed by atoms with Crippen LogP contribution in [-0.2, 0) is 14.3 Å². The second-order valence-electron chi connectivity index (χ2n) is 6.38. The summed E-state index contributed by atoms with van der Waals surface area (Å²) < 4.78 is 10.6. The van der Waals surface area contributed by atoms with Crippen molar-refractivity contribution >= 4 is 11.9 Å². The van der Waals surface area contributed by atoms with E-state index in [9.17, 15) is 9.59 Å². The summed E-state index contributed by atoms with van der Waals surface area (Å²) in [4.78, 5) is 25.3. The van der Waals surface area contributed by atoms with Crippen LogP contribution in [0.1, 0.15) is 27.7 Å². The number of likely N-dealkylation sites (tertiary alicyclic amines) is 1. The van der Waals surface area contributed by atoms with Gasteiger partial charge in [0.2, 0.25) is 0 Å². The molecule has 0 aromatic carbocycles. The first-order valence-electron chi connectivity index (χ1n) is 6.30. The van der Waals surface area contributed by atoms with Crippen molar-refractivity contribution in [1.82, 2.24) is 4.90 Å². The largest absolute Gasteiger partial charge is 0.444 e. The Morgan fingerprint density at radius 1 is 1.33 bits per heavy atom. The number of amides is 1. The predicted molar refractivity (Wildman–Crippen MR) is 65.2 cm³/mol. The highest BCUT2D eigenvalue weighted by Gasteiger charge is 2.55. The summed E-state index contributed by atoms with van der Waals surface area (Å²) in [6.45, 7) is 9.25. The van der Waals surface area contributed by atoms with Gasteiger partial charge in [0.25, 0.3) is 0 Å². The Hall–Kier alpha value is -1.10. The van der Waals surface area contributed by atoms with Crippen LogP contribution in [0.15, 0.2) is 0 Å². The molecule has 1 spiro atoms. The van der Waals surface area contributed by atoms with Gasteiger partial charge >= 0.3 is 6.09 Å². The van der Waals surface area contributed by atoms with E-state index < -0.39 is 5.60 Å². The summed E-state index contributed by atoms with van der Waals surface area (Å²) in [5.41, 5.74) is -0.669. The number of hydrogen-bond acceptors (Lipinski definition) is 4. The van der Waals surface area contributed by atoms with Crippen LogP contribution in [0.4, 0.5) is 4.79 Å². The van der Waals surface area contributed by atoms with Crippen LogP contribution in [0.3, 0.4) is 0 Å². The molecule has 2 aliphatic heterocycles. The van der Waals surface area contributed by atoms with Crippen molar-refractivity contribution in [3.05, 3.63) is 0 Å². The second kappa shape index (κ2) is 4.23. The van der Waals surface area contributed by atoms with Gasteiger partial charge in [-0.25, -0.2) is 4.79 Å². The summed E-state index contributed by atoms with van der Waals surface area (Å²) in [6.07, 6.45) is -0.336. The molecule has 0 N–H and O–H groups in total. The summed E-state index contributed by atoms with van der Waals surface area (Å²) in [6, 6.07) is 0. The number of rotatable bonds is 1. The van der Waals surface area contributed by atoms with Crippen molar-refractivity contribution in [3.63, 3.8) is 0 Å². The summed E-state index contributed by atoms with van der Waals surface area (Å²) in [5, 5.41) is 0. The van der Waals surface area contributed by atoms with Gasteiger partial charge in [-0.15, -0.1) is 0 Å². The normalized spacial score (nSPS) is 26.0. The first-order valence-corrected chi connectivity index (χ1v) is 6.30. The van der Waals surface area contributed by atoms with Gasteiger partial charge in [-0.2, -0.15) is 0 Å². The smallest absolute Gasteiger partial charge is 0.410 e. The molecule has 0 bridgehead atoms. The average Bonchev–Trinajstić information content (AvgIpc) is 2.53. The van der Waals surface area contributed by atoms with Crippen molar-refractivity contribution in [2.75, 3.05) is 26.3 Å².